The van der Waals surface area contributed by atoms with E-state index in [1.165, 1.54) is 6.26 Å². The third-order valence-electron chi connectivity index (χ3n) is 4.55. The number of aromatic nitrogens is 2. The topological polar surface area (TPSA) is 76.3 Å². The van der Waals surface area contributed by atoms with Gasteiger partial charge in [-0.2, -0.15) is 4.98 Å². The molecule has 1 heterocycles. The zero-order valence-corrected chi connectivity index (χ0v) is 16.5. The maximum atomic E-state index is 11.6. The van der Waals surface area contributed by atoms with Crippen molar-refractivity contribution in [3.05, 3.63) is 77.4 Å². The molecule has 3 rings (SSSR count). The molecule has 0 aliphatic rings. The number of hydrogen-bond acceptors (Lipinski definition) is 6. The van der Waals surface area contributed by atoms with Gasteiger partial charge in [0, 0.05) is 18.7 Å². The highest BCUT2D eigenvalue weighted by Gasteiger charge is 2.16. The van der Waals surface area contributed by atoms with Crippen LogP contribution >= 0.6 is 0 Å². The minimum Gasteiger partial charge on any atom is -0.338 e. The van der Waals surface area contributed by atoms with Gasteiger partial charge < -0.3 is 4.52 Å². The smallest absolute Gasteiger partial charge is 0.240 e. The second-order valence-corrected chi connectivity index (χ2v) is 8.71. The van der Waals surface area contributed by atoms with Crippen LogP contribution < -0.4 is 0 Å². The molecular weight excluding hydrogens is 362 g/mol. The summed E-state index contributed by atoms with van der Waals surface area (Å²) in [6.07, 6.45) is 1.84. The first-order chi connectivity index (χ1) is 12.8. The summed E-state index contributed by atoms with van der Waals surface area (Å²) in [4.78, 5) is 6.87. The fourth-order valence-corrected chi connectivity index (χ4v) is 3.43. The van der Waals surface area contributed by atoms with Gasteiger partial charge in [0.1, 0.15) is 0 Å². The summed E-state index contributed by atoms with van der Waals surface area (Å²) in [5.41, 5.74) is 2.16. The van der Waals surface area contributed by atoms with Crippen molar-refractivity contribution in [1.29, 1.82) is 0 Å². The SMILES string of the molecule is C[C@@H](c1ccc(S(C)(=O)=O)cc1)N(C)Cc1nc(Cc2ccccc2)no1. The molecule has 27 heavy (non-hydrogen) atoms. The zero-order chi connectivity index (χ0) is 19.4. The van der Waals surface area contributed by atoms with Gasteiger partial charge in [0.25, 0.3) is 0 Å². The Morgan fingerprint density at radius 2 is 1.74 bits per heavy atom. The van der Waals surface area contributed by atoms with E-state index in [-0.39, 0.29) is 6.04 Å². The maximum absolute atomic E-state index is 11.6. The lowest BCUT2D eigenvalue weighted by Gasteiger charge is -2.23. The molecule has 0 spiro atoms. The Kier molecular flexibility index (Phi) is 5.72. The molecule has 0 unspecified atom stereocenters. The van der Waals surface area contributed by atoms with E-state index < -0.39 is 9.84 Å². The number of sulfone groups is 1. The van der Waals surface area contributed by atoms with Crippen molar-refractivity contribution in [2.24, 2.45) is 0 Å². The lowest BCUT2D eigenvalue weighted by molar-refractivity contribution is 0.216. The summed E-state index contributed by atoms with van der Waals surface area (Å²) < 4.78 is 28.5. The highest BCUT2D eigenvalue weighted by Crippen LogP contribution is 2.22. The standard InChI is InChI=1S/C20H23N3O3S/c1-15(17-9-11-18(12-10-17)27(3,24)25)23(2)14-20-21-19(22-26-20)13-16-7-5-4-6-8-16/h4-12,15H,13-14H2,1-3H3/t15-/m0/s1. The third kappa shape index (κ3) is 5.02. The average molecular weight is 385 g/mol. The van der Waals surface area contributed by atoms with E-state index >= 15 is 0 Å². The molecule has 0 radical (unpaired) electrons. The van der Waals surface area contributed by atoms with Crippen molar-refractivity contribution in [3.63, 3.8) is 0 Å². The minimum atomic E-state index is -3.18. The second-order valence-electron chi connectivity index (χ2n) is 6.70. The van der Waals surface area contributed by atoms with Gasteiger partial charge in [0.15, 0.2) is 15.7 Å². The Morgan fingerprint density at radius 1 is 1.07 bits per heavy atom. The molecule has 6 nitrogen and oxygen atoms in total. The first-order valence-electron chi connectivity index (χ1n) is 8.68. The molecule has 0 fully saturated rings. The van der Waals surface area contributed by atoms with Gasteiger partial charge in [-0.1, -0.05) is 47.6 Å². The van der Waals surface area contributed by atoms with Crippen molar-refractivity contribution < 1.29 is 12.9 Å². The predicted molar refractivity (Wildman–Crippen MR) is 103 cm³/mol. The molecule has 0 aliphatic carbocycles. The quantitative estimate of drug-likeness (QED) is 0.621. The normalized spacial score (nSPS) is 13.0. The summed E-state index contributed by atoms with van der Waals surface area (Å²) in [5, 5.41) is 4.06. The molecule has 3 aromatic rings. The van der Waals surface area contributed by atoms with Crippen molar-refractivity contribution in [2.75, 3.05) is 13.3 Å². The molecule has 0 N–H and O–H groups in total. The van der Waals surface area contributed by atoms with Crippen LogP contribution in [0.15, 0.2) is 64.0 Å². The second kappa shape index (κ2) is 8.02. The lowest BCUT2D eigenvalue weighted by Crippen LogP contribution is -2.22. The monoisotopic (exact) mass is 385 g/mol. The van der Waals surface area contributed by atoms with E-state index in [0.29, 0.717) is 29.6 Å². The lowest BCUT2D eigenvalue weighted by atomic mass is 10.1. The molecule has 2 aromatic carbocycles. The molecule has 7 heteroatoms. The summed E-state index contributed by atoms with van der Waals surface area (Å²) in [6, 6.07) is 17.0. The molecular formula is C20H23N3O3S. The first kappa shape index (κ1) is 19.3. The predicted octanol–water partition coefficient (Wildman–Crippen LogP) is 3.26. The average Bonchev–Trinajstić information content (AvgIpc) is 3.08. The van der Waals surface area contributed by atoms with Gasteiger partial charge in [-0.05, 0) is 37.2 Å². The minimum absolute atomic E-state index is 0.0723. The first-order valence-corrected chi connectivity index (χ1v) is 10.6. The Morgan fingerprint density at radius 3 is 2.37 bits per heavy atom. The van der Waals surface area contributed by atoms with Crippen LogP contribution in [-0.4, -0.2) is 36.8 Å². The van der Waals surface area contributed by atoms with E-state index in [1.807, 2.05) is 49.5 Å². The van der Waals surface area contributed by atoms with Crippen LogP contribution in [0, 0.1) is 0 Å². The summed E-state index contributed by atoms with van der Waals surface area (Å²) >= 11 is 0. The Bertz CT molecular complexity index is 983. The summed E-state index contributed by atoms with van der Waals surface area (Å²) in [7, 11) is -1.22. The van der Waals surface area contributed by atoms with Gasteiger partial charge in [-0.25, -0.2) is 8.42 Å². The number of rotatable bonds is 7. The van der Waals surface area contributed by atoms with E-state index in [1.54, 1.807) is 12.1 Å². The van der Waals surface area contributed by atoms with Crippen molar-refractivity contribution in [1.82, 2.24) is 15.0 Å². The van der Waals surface area contributed by atoms with Crippen LogP contribution in [-0.2, 0) is 22.8 Å². The van der Waals surface area contributed by atoms with Gasteiger partial charge in [0.05, 0.1) is 11.4 Å². The molecule has 1 atom stereocenters. The maximum Gasteiger partial charge on any atom is 0.240 e. The molecule has 1 aromatic heterocycles. The van der Waals surface area contributed by atoms with Crippen LogP contribution in [0.4, 0.5) is 0 Å². The van der Waals surface area contributed by atoms with Crippen molar-refractivity contribution in [3.8, 4) is 0 Å². The Balaban J connectivity index is 1.64. The Labute approximate surface area is 159 Å². The van der Waals surface area contributed by atoms with Crippen LogP contribution in [0.3, 0.4) is 0 Å². The van der Waals surface area contributed by atoms with Gasteiger partial charge in [-0.3, -0.25) is 4.90 Å². The third-order valence-corrected chi connectivity index (χ3v) is 5.68. The highest BCUT2D eigenvalue weighted by atomic mass is 32.2. The number of nitrogens with zero attached hydrogens (tertiary/aromatic N) is 3. The van der Waals surface area contributed by atoms with E-state index in [0.717, 1.165) is 11.1 Å². The van der Waals surface area contributed by atoms with Gasteiger partial charge >= 0.3 is 0 Å². The number of benzene rings is 2. The van der Waals surface area contributed by atoms with Gasteiger partial charge in [-0.15, -0.1) is 0 Å². The Hall–Kier alpha value is -2.51. The molecule has 0 aliphatic heterocycles. The summed E-state index contributed by atoms with van der Waals surface area (Å²) in [5.74, 6) is 1.22. The highest BCUT2D eigenvalue weighted by molar-refractivity contribution is 7.90. The molecule has 0 saturated carbocycles. The fraction of sp³-hybridized carbons (Fsp3) is 0.300. The van der Waals surface area contributed by atoms with Crippen LogP contribution in [0.1, 0.15) is 35.8 Å². The summed E-state index contributed by atoms with van der Waals surface area (Å²) in [6.45, 7) is 2.56. The van der Waals surface area contributed by atoms with Crippen molar-refractivity contribution >= 4 is 9.84 Å². The van der Waals surface area contributed by atoms with Crippen molar-refractivity contribution in [2.45, 2.75) is 30.8 Å². The molecule has 0 bridgehead atoms. The van der Waals surface area contributed by atoms with E-state index in [9.17, 15) is 8.42 Å². The molecule has 142 valence electrons. The zero-order valence-electron chi connectivity index (χ0n) is 15.7. The van der Waals surface area contributed by atoms with Crippen LogP contribution in [0.5, 0.6) is 0 Å². The molecule has 0 saturated heterocycles. The van der Waals surface area contributed by atoms with Gasteiger partial charge in [0.2, 0.25) is 5.89 Å². The number of hydrogen-bond donors (Lipinski definition) is 0. The molecule has 0 amide bonds. The van der Waals surface area contributed by atoms with Crippen LogP contribution in [0.2, 0.25) is 0 Å². The largest absolute Gasteiger partial charge is 0.338 e. The van der Waals surface area contributed by atoms with E-state index in [2.05, 4.69) is 22.0 Å². The van der Waals surface area contributed by atoms with E-state index in [4.69, 9.17) is 4.52 Å². The fourth-order valence-electron chi connectivity index (χ4n) is 2.80. The van der Waals surface area contributed by atoms with Crippen LogP contribution in [0.25, 0.3) is 0 Å².